The van der Waals surface area contributed by atoms with E-state index in [9.17, 15) is 8.42 Å². The standard InChI is InChI=1S/C20H21N5O4S/c26-30(27,17-5-6-19-20(13-17)29-15-28-19)25-11-9-23(10-12-25)18-4-2-1-3-16(18)14-24-8-7-21-22-24/h1-8,13H,9-12,14-15H2. The van der Waals surface area contributed by atoms with E-state index >= 15 is 0 Å². The first-order chi connectivity index (χ1) is 14.6. The highest BCUT2D eigenvalue weighted by Crippen LogP contribution is 2.35. The molecule has 0 spiro atoms. The third-order valence-electron chi connectivity index (χ3n) is 5.36. The number of aromatic nitrogens is 3. The van der Waals surface area contributed by atoms with Crippen LogP contribution >= 0.6 is 0 Å². The van der Waals surface area contributed by atoms with Crippen molar-refractivity contribution in [1.82, 2.24) is 19.3 Å². The summed E-state index contributed by atoms with van der Waals surface area (Å²) in [6.45, 7) is 2.77. The Morgan fingerprint density at radius 2 is 1.77 bits per heavy atom. The Balaban J connectivity index is 1.31. The quantitative estimate of drug-likeness (QED) is 0.610. The molecule has 30 heavy (non-hydrogen) atoms. The van der Waals surface area contributed by atoms with E-state index in [0.29, 0.717) is 44.2 Å². The molecular weight excluding hydrogens is 406 g/mol. The Hall–Kier alpha value is -3.11. The van der Waals surface area contributed by atoms with Gasteiger partial charge < -0.3 is 14.4 Å². The van der Waals surface area contributed by atoms with E-state index in [0.717, 1.165) is 11.3 Å². The molecule has 0 saturated carbocycles. The van der Waals surface area contributed by atoms with Crippen LogP contribution in [0.4, 0.5) is 5.69 Å². The van der Waals surface area contributed by atoms with E-state index < -0.39 is 10.0 Å². The number of benzene rings is 2. The second kappa shape index (κ2) is 7.62. The first kappa shape index (κ1) is 18.9. The Bertz CT molecular complexity index is 1140. The lowest BCUT2D eigenvalue weighted by Gasteiger charge is -2.36. The van der Waals surface area contributed by atoms with Gasteiger partial charge in [-0.3, -0.25) is 0 Å². The Morgan fingerprint density at radius 1 is 0.967 bits per heavy atom. The zero-order valence-corrected chi connectivity index (χ0v) is 17.0. The molecule has 1 aromatic heterocycles. The molecule has 2 aliphatic rings. The molecule has 0 amide bonds. The van der Waals surface area contributed by atoms with E-state index in [4.69, 9.17) is 9.47 Å². The molecule has 0 unspecified atom stereocenters. The molecule has 156 valence electrons. The fourth-order valence-corrected chi connectivity index (χ4v) is 5.24. The van der Waals surface area contributed by atoms with Crippen LogP contribution < -0.4 is 14.4 Å². The first-order valence-electron chi connectivity index (χ1n) is 9.68. The molecule has 1 saturated heterocycles. The number of ether oxygens (including phenoxy) is 2. The Kier molecular flexibility index (Phi) is 4.80. The lowest BCUT2D eigenvalue weighted by atomic mass is 10.1. The van der Waals surface area contributed by atoms with Crippen molar-refractivity contribution in [3.8, 4) is 11.5 Å². The molecule has 0 bridgehead atoms. The third kappa shape index (κ3) is 3.48. The van der Waals surface area contributed by atoms with Gasteiger partial charge in [0.2, 0.25) is 16.8 Å². The summed E-state index contributed by atoms with van der Waals surface area (Å²) in [4.78, 5) is 2.45. The molecule has 3 heterocycles. The van der Waals surface area contributed by atoms with Gasteiger partial charge >= 0.3 is 0 Å². The maximum absolute atomic E-state index is 13.1. The van der Waals surface area contributed by atoms with Crippen LogP contribution in [0.2, 0.25) is 0 Å². The number of sulfonamides is 1. The van der Waals surface area contributed by atoms with Crippen LogP contribution in [-0.4, -0.2) is 60.7 Å². The van der Waals surface area contributed by atoms with Crippen molar-refractivity contribution >= 4 is 15.7 Å². The molecule has 10 heteroatoms. The van der Waals surface area contributed by atoms with Gasteiger partial charge in [-0.15, -0.1) is 5.10 Å². The zero-order chi connectivity index (χ0) is 20.6. The van der Waals surface area contributed by atoms with E-state index in [1.807, 2.05) is 18.3 Å². The molecule has 2 aromatic carbocycles. The molecule has 2 aliphatic heterocycles. The summed E-state index contributed by atoms with van der Waals surface area (Å²) < 4.78 is 40.1. The lowest BCUT2D eigenvalue weighted by molar-refractivity contribution is 0.174. The molecule has 0 radical (unpaired) electrons. The summed E-state index contributed by atoms with van der Waals surface area (Å²) in [5, 5.41) is 7.90. The highest BCUT2D eigenvalue weighted by molar-refractivity contribution is 7.89. The fraction of sp³-hybridized carbons (Fsp3) is 0.300. The minimum atomic E-state index is -3.59. The molecule has 3 aromatic rings. The summed E-state index contributed by atoms with van der Waals surface area (Å²) in [6.07, 6.45) is 3.48. The predicted molar refractivity (Wildman–Crippen MR) is 109 cm³/mol. The van der Waals surface area contributed by atoms with E-state index in [1.54, 1.807) is 23.0 Å². The van der Waals surface area contributed by atoms with E-state index in [-0.39, 0.29) is 11.7 Å². The second-order valence-corrected chi connectivity index (χ2v) is 9.07. The summed E-state index contributed by atoms with van der Waals surface area (Å²) in [5.41, 5.74) is 2.21. The molecule has 0 N–H and O–H groups in total. The minimum absolute atomic E-state index is 0.117. The summed E-state index contributed by atoms with van der Waals surface area (Å²) in [5.74, 6) is 1.04. The maximum atomic E-state index is 13.1. The van der Waals surface area contributed by atoms with Gasteiger partial charge in [0.25, 0.3) is 0 Å². The van der Waals surface area contributed by atoms with Crippen molar-refractivity contribution in [3.63, 3.8) is 0 Å². The van der Waals surface area contributed by atoms with Gasteiger partial charge in [0, 0.05) is 44.1 Å². The van der Waals surface area contributed by atoms with Crippen molar-refractivity contribution in [3.05, 3.63) is 60.4 Å². The molecule has 5 rings (SSSR count). The highest BCUT2D eigenvalue weighted by atomic mass is 32.2. The third-order valence-corrected chi connectivity index (χ3v) is 7.25. The minimum Gasteiger partial charge on any atom is -0.454 e. The van der Waals surface area contributed by atoms with Gasteiger partial charge in [0.15, 0.2) is 11.5 Å². The molecule has 9 nitrogen and oxygen atoms in total. The van der Waals surface area contributed by atoms with Gasteiger partial charge in [-0.1, -0.05) is 23.4 Å². The summed E-state index contributed by atoms with van der Waals surface area (Å²) >= 11 is 0. The number of fused-ring (bicyclic) bond motifs is 1. The van der Waals surface area contributed by atoms with Crippen molar-refractivity contribution < 1.29 is 17.9 Å². The van der Waals surface area contributed by atoms with Crippen molar-refractivity contribution in [2.24, 2.45) is 0 Å². The van der Waals surface area contributed by atoms with E-state index in [2.05, 4.69) is 27.3 Å². The largest absolute Gasteiger partial charge is 0.454 e. The van der Waals surface area contributed by atoms with Crippen molar-refractivity contribution in [2.45, 2.75) is 11.4 Å². The van der Waals surface area contributed by atoms with Gasteiger partial charge in [-0.05, 0) is 23.8 Å². The smallest absolute Gasteiger partial charge is 0.243 e. The summed E-state index contributed by atoms with van der Waals surface area (Å²) in [7, 11) is -3.59. The second-order valence-electron chi connectivity index (χ2n) is 7.14. The zero-order valence-electron chi connectivity index (χ0n) is 16.2. The van der Waals surface area contributed by atoms with Crippen LogP contribution in [0.25, 0.3) is 0 Å². The van der Waals surface area contributed by atoms with E-state index in [1.165, 1.54) is 10.4 Å². The number of hydrogen-bond donors (Lipinski definition) is 0. The highest BCUT2D eigenvalue weighted by Gasteiger charge is 2.30. The lowest BCUT2D eigenvalue weighted by Crippen LogP contribution is -2.48. The SMILES string of the molecule is O=S(=O)(c1ccc2c(c1)OCO2)N1CCN(c2ccccc2Cn2ccnn2)CC1. The van der Waals surface area contributed by atoms with Crippen LogP contribution in [0.1, 0.15) is 5.56 Å². The van der Waals surface area contributed by atoms with Crippen LogP contribution in [0.15, 0.2) is 59.8 Å². The topological polar surface area (TPSA) is 89.8 Å². The van der Waals surface area contributed by atoms with Gasteiger partial charge in [-0.25, -0.2) is 13.1 Å². The normalized spacial score (nSPS) is 16.7. The van der Waals surface area contributed by atoms with Crippen LogP contribution in [0, 0.1) is 0 Å². The molecule has 1 fully saturated rings. The number of hydrogen-bond acceptors (Lipinski definition) is 7. The predicted octanol–water partition coefficient (Wildman–Crippen LogP) is 1.57. The van der Waals surface area contributed by atoms with Crippen molar-refractivity contribution in [1.29, 1.82) is 0 Å². The first-order valence-corrected chi connectivity index (χ1v) is 11.1. The molecule has 0 atom stereocenters. The average molecular weight is 427 g/mol. The number of piperazine rings is 1. The Morgan fingerprint density at radius 3 is 2.57 bits per heavy atom. The molecular formula is C20H21N5O4S. The monoisotopic (exact) mass is 427 g/mol. The maximum Gasteiger partial charge on any atom is 0.243 e. The fourth-order valence-electron chi connectivity index (χ4n) is 3.80. The average Bonchev–Trinajstić information content (AvgIpc) is 3.45. The van der Waals surface area contributed by atoms with Gasteiger partial charge in [0.05, 0.1) is 17.6 Å². The van der Waals surface area contributed by atoms with Gasteiger partial charge in [0.1, 0.15) is 0 Å². The van der Waals surface area contributed by atoms with Gasteiger partial charge in [-0.2, -0.15) is 4.31 Å². The number of nitrogens with zero attached hydrogens (tertiary/aromatic N) is 5. The number of para-hydroxylation sites is 1. The van der Waals surface area contributed by atoms with Crippen LogP contribution in [0.5, 0.6) is 11.5 Å². The number of rotatable bonds is 5. The van der Waals surface area contributed by atoms with Crippen molar-refractivity contribution in [2.75, 3.05) is 37.9 Å². The van der Waals surface area contributed by atoms with Crippen LogP contribution in [0.3, 0.4) is 0 Å². The Labute approximate surface area is 174 Å². The summed E-state index contributed by atoms with van der Waals surface area (Å²) in [6, 6.07) is 12.9. The number of anilines is 1. The molecule has 0 aliphatic carbocycles. The van der Waals surface area contributed by atoms with Crippen LogP contribution in [-0.2, 0) is 16.6 Å².